The van der Waals surface area contributed by atoms with E-state index in [1.54, 1.807) is 4.90 Å². The summed E-state index contributed by atoms with van der Waals surface area (Å²) in [6, 6.07) is -0.315. The second kappa shape index (κ2) is 6.12. The number of nitrogens with zero attached hydrogens (tertiary/aromatic N) is 1. The molecular weight excluding hydrogens is 256 g/mol. The lowest BCUT2D eigenvalue weighted by Gasteiger charge is -2.44. The molecule has 20 heavy (non-hydrogen) atoms. The molecule has 2 amide bonds. The summed E-state index contributed by atoms with van der Waals surface area (Å²) in [4.78, 5) is 26.7. The Morgan fingerprint density at radius 1 is 1.40 bits per heavy atom. The van der Waals surface area contributed by atoms with Gasteiger partial charge in [0, 0.05) is 19.8 Å². The molecule has 0 spiro atoms. The van der Waals surface area contributed by atoms with Gasteiger partial charge in [-0.2, -0.15) is 0 Å². The number of carbonyl (C=O) groups excluding carboxylic acids is 2. The molecule has 1 N–H and O–H groups in total. The quantitative estimate of drug-likeness (QED) is 0.827. The Morgan fingerprint density at radius 3 is 2.70 bits per heavy atom. The molecule has 2 rings (SSSR count). The van der Waals surface area contributed by atoms with E-state index in [0.29, 0.717) is 25.3 Å². The van der Waals surface area contributed by atoms with Crippen molar-refractivity contribution in [3.63, 3.8) is 0 Å². The Morgan fingerprint density at radius 2 is 2.15 bits per heavy atom. The molecule has 5 heteroatoms. The summed E-state index contributed by atoms with van der Waals surface area (Å²) in [5.41, 5.74) is -0.741. The Kier molecular flexibility index (Phi) is 4.68. The molecule has 0 bridgehead atoms. The van der Waals surface area contributed by atoms with Gasteiger partial charge in [-0.1, -0.05) is 13.8 Å². The number of hydrogen-bond donors (Lipinski definition) is 1. The maximum Gasteiger partial charge on any atom is 0.248 e. The maximum absolute atomic E-state index is 12.7. The minimum Gasteiger partial charge on any atom is -0.381 e. The molecule has 5 nitrogen and oxygen atoms in total. The Balaban J connectivity index is 2.07. The Labute approximate surface area is 121 Å². The SMILES string of the molecule is CCC1C(=O)NC(C)(CC)C(=O)N1CCC1CCOC1. The van der Waals surface area contributed by atoms with Crippen LogP contribution in [0.15, 0.2) is 0 Å². The molecule has 0 aliphatic carbocycles. The molecule has 3 atom stereocenters. The van der Waals surface area contributed by atoms with Crippen molar-refractivity contribution in [3.8, 4) is 0 Å². The van der Waals surface area contributed by atoms with Crippen LogP contribution >= 0.6 is 0 Å². The van der Waals surface area contributed by atoms with Crippen molar-refractivity contribution in [2.45, 2.75) is 58.0 Å². The van der Waals surface area contributed by atoms with Crippen molar-refractivity contribution in [2.24, 2.45) is 5.92 Å². The van der Waals surface area contributed by atoms with Gasteiger partial charge in [0.05, 0.1) is 0 Å². The molecule has 0 aromatic carbocycles. The van der Waals surface area contributed by atoms with Crippen molar-refractivity contribution < 1.29 is 14.3 Å². The van der Waals surface area contributed by atoms with Crippen LogP contribution in [0.5, 0.6) is 0 Å². The van der Waals surface area contributed by atoms with E-state index in [4.69, 9.17) is 4.74 Å². The molecule has 0 saturated carbocycles. The number of hydrogen-bond acceptors (Lipinski definition) is 3. The molecular formula is C15H26N2O3. The van der Waals surface area contributed by atoms with Crippen LogP contribution in [0, 0.1) is 5.92 Å². The van der Waals surface area contributed by atoms with Gasteiger partial charge in [-0.3, -0.25) is 9.59 Å². The van der Waals surface area contributed by atoms with E-state index >= 15 is 0 Å². The van der Waals surface area contributed by atoms with E-state index in [-0.39, 0.29) is 17.9 Å². The number of ether oxygens (including phenoxy) is 1. The first-order valence-electron chi connectivity index (χ1n) is 7.72. The van der Waals surface area contributed by atoms with Crippen LogP contribution in [0.4, 0.5) is 0 Å². The normalized spacial score (nSPS) is 34.5. The zero-order valence-corrected chi connectivity index (χ0v) is 12.8. The molecule has 0 aromatic rings. The molecule has 2 fully saturated rings. The summed E-state index contributed by atoms with van der Waals surface area (Å²) in [7, 11) is 0. The summed E-state index contributed by atoms with van der Waals surface area (Å²) >= 11 is 0. The minimum absolute atomic E-state index is 0.0147. The monoisotopic (exact) mass is 282 g/mol. The lowest BCUT2D eigenvalue weighted by molar-refractivity contribution is -0.154. The first kappa shape index (κ1) is 15.3. The zero-order chi connectivity index (χ0) is 14.8. The van der Waals surface area contributed by atoms with Crippen LogP contribution in [0.2, 0.25) is 0 Å². The fourth-order valence-electron chi connectivity index (χ4n) is 3.04. The molecule has 2 aliphatic heterocycles. The van der Waals surface area contributed by atoms with E-state index in [1.807, 2.05) is 20.8 Å². The molecule has 0 radical (unpaired) electrons. The molecule has 114 valence electrons. The Bertz CT molecular complexity index is 379. The molecule has 0 aromatic heterocycles. The van der Waals surface area contributed by atoms with Crippen LogP contribution < -0.4 is 5.32 Å². The minimum atomic E-state index is -0.741. The highest BCUT2D eigenvalue weighted by molar-refractivity contribution is 5.99. The van der Waals surface area contributed by atoms with Gasteiger partial charge in [0.25, 0.3) is 0 Å². The number of piperazine rings is 1. The van der Waals surface area contributed by atoms with E-state index < -0.39 is 5.54 Å². The fraction of sp³-hybridized carbons (Fsp3) is 0.867. The summed E-state index contributed by atoms with van der Waals surface area (Å²) in [5, 5.41) is 2.90. The zero-order valence-electron chi connectivity index (χ0n) is 12.8. The van der Waals surface area contributed by atoms with Gasteiger partial charge in [0.2, 0.25) is 11.8 Å². The first-order valence-corrected chi connectivity index (χ1v) is 7.72. The third-order valence-electron chi connectivity index (χ3n) is 4.71. The summed E-state index contributed by atoms with van der Waals surface area (Å²) < 4.78 is 5.38. The van der Waals surface area contributed by atoms with Crippen molar-refractivity contribution in [1.29, 1.82) is 0 Å². The standard InChI is InChI=1S/C15H26N2O3/c1-4-12-13(18)16-15(3,5-2)14(19)17(12)8-6-11-7-9-20-10-11/h11-12H,4-10H2,1-3H3,(H,16,18). The molecule has 3 unspecified atom stereocenters. The topological polar surface area (TPSA) is 58.6 Å². The molecule has 2 saturated heterocycles. The summed E-state index contributed by atoms with van der Waals surface area (Å²) in [6.07, 6.45) is 3.28. The maximum atomic E-state index is 12.7. The van der Waals surface area contributed by atoms with Gasteiger partial charge >= 0.3 is 0 Å². The number of amides is 2. The third kappa shape index (κ3) is 2.82. The van der Waals surface area contributed by atoms with Crippen LogP contribution in [-0.4, -0.2) is 48.1 Å². The van der Waals surface area contributed by atoms with Gasteiger partial charge in [0.15, 0.2) is 0 Å². The average molecular weight is 282 g/mol. The number of carbonyl (C=O) groups is 2. The van der Waals surface area contributed by atoms with Gasteiger partial charge in [-0.25, -0.2) is 0 Å². The van der Waals surface area contributed by atoms with E-state index in [9.17, 15) is 9.59 Å². The van der Waals surface area contributed by atoms with Crippen molar-refractivity contribution in [3.05, 3.63) is 0 Å². The predicted octanol–water partition coefficient (Wildman–Crippen LogP) is 1.32. The lowest BCUT2D eigenvalue weighted by atomic mass is 9.90. The summed E-state index contributed by atoms with van der Waals surface area (Å²) in [5.74, 6) is 0.572. The van der Waals surface area contributed by atoms with Crippen molar-refractivity contribution >= 4 is 11.8 Å². The van der Waals surface area contributed by atoms with Gasteiger partial charge < -0.3 is 15.0 Å². The smallest absolute Gasteiger partial charge is 0.248 e. The van der Waals surface area contributed by atoms with Crippen LogP contribution in [0.1, 0.15) is 46.5 Å². The third-order valence-corrected chi connectivity index (χ3v) is 4.71. The number of nitrogens with one attached hydrogen (secondary N) is 1. The van der Waals surface area contributed by atoms with Crippen LogP contribution in [0.25, 0.3) is 0 Å². The molecule has 2 heterocycles. The van der Waals surface area contributed by atoms with E-state index in [1.165, 1.54) is 0 Å². The van der Waals surface area contributed by atoms with Gasteiger partial charge in [-0.15, -0.1) is 0 Å². The second-order valence-electron chi connectivity index (χ2n) is 6.12. The average Bonchev–Trinajstić information content (AvgIpc) is 2.94. The van der Waals surface area contributed by atoms with Crippen LogP contribution in [0.3, 0.4) is 0 Å². The van der Waals surface area contributed by atoms with Crippen LogP contribution in [-0.2, 0) is 14.3 Å². The van der Waals surface area contributed by atoms with Gasteiger partial charge in [0.1, 0.15) is 11.6 Å². The van der Waals surface area contributed by atoms with E-state index in [0.717, 1.165) is 26.1 Å². The summed E-state index contributed by atoms with van der Waals surface area (Å²) in [6.45, 7) is 7.99. The second-order valence-corrected chi connectivity index (χ2v) is 6.12. The highest BCUT2D eigenvalue weighted by Gasteiger charge is 2.46. The predicted molar refractivity (Wildman–Crippen MR) is 76.2 cm³/mol. The van der Waals surface area contributed by atoms with E-state index in [2.05, 4.69) is 5.32 Å². The molecule has 2 aliphatic rings. The highest BCUT2D eigenvalue weighted by Crippen LogP contribution is 2.25. The lowest BCUT2D eigenvalue weighted by Crippen LogP contribution is -2.69. The highest BCUT2D eigenvalue weighted by atomic mass is 16.5. The van der Waals surface area contributed by atoms with Gasteiger partial charge in [-0.05, 0) is 38.5 Å². The van der Waals surface area contributed by atoms with Crippen molar-refractivity contribution in [2.75, 3.05) is 19.8 Å². The fourth-order valence-corrected chi connectivity index (χ4v) is 3.04. The number of rotatable bonds is 5. The largest absolute Gasteiger partial charge is 0.381 e. The first-order chi connectivity index (χ1) is 9.51. The Hall–Kier alpha value is -1.10. The van der Waals surface area contributed by atoms with Crippen molar-refractivity contribution in [1.82, 2.24) is 10.2 Å².